The summed E-state index contributed by atoms with van der Waals surface area (Å²) < 4.78 is 31.3. The van der Waals surface area contributed by atoms with Crippen molar-refractivity contribution in [3.8, 4) is 5.75 Å². The molecular weight excluding hydrogens is 411 g/mol. The summed E-state index contributed by atoms with van der Waals surface area (Å²) in [6.07, 6.45) is 0.425. The van der Waals surface area contributed by atoms with Gasteiger partial charge in [0.25, 0.3) is 5.91 Å². The number of fused-ring (bicyclic) bond motifs is 1. The lowest BCUT2D eigenvalue weighted by molar-refractivity contribution is -0.122. The van der Waals surface area contributed by atoms with Crippen molar-refractivity contribution < 1.29 is 17.9 Å². The fourth-order valence-electron chi connectivity index (χ4n) is 2.77. The summed E-state index contributed by atoms with van der Waals surface area (Å²) in [6, 6.07) is 9.85. The zero-order valence-corrected chi connectivity index (χ0v) is 17.0. The third-order valence-electron chi connectivity index (χ3n) is 4.19. The highest BCUT2D eigenvalue weighted by molar-refractivity contribution is 7.92. The van der Waals surface area contributed by atoms with Crippen LogP contribution in [0.1, 0.15) is 12.0 Å². The van der Waals surface area contributed by atoms with E-state index in [2.05, 4.69) is 5.32 Å². The Balaban J connectivity index is 1.87. The Labute approximate surface area is 168 Å². The van der Waals surface area contributed by atoms with E-state index < -0.39 is 16.1 Å². The smallest absolute Gasteiger partial charge is 0.265 e. The molecule has 1 unspecified atom stereocenters. The van der Waals surface area contributed by atoms with E-state index in [1.165, 1.54) is 10.4 Å². The van der Waals surface area contributed by atoms with Gasteiger partial charge in [0.15, 0.2) is 6.10 Å². The third-order valence-corrected chi connectivity index (χ3v) is 6.01. The van der Waals surface area contributed by atoms with Gasteiger partial charge in [-0.3, -0.25) is 9.10 Å². The van der Waals surface area contributed by atoms with Crippen molar-refractivity contribution in [2.24, 2.45) is 0 Å². The Morgan fingerprint density at radius 2 is 1.96 bits per heavy atom. The first-order valence-electron chi connectivity index (χ1n) is 8.16. The molecule has 2 aromatic carbocycles. The molecule has 0 saturated heterocycles. The van der Waals surface area contributed by atoms with Crippen LogP contribution in [0, 0.1) is 6.92 Å². The second-order valence-corrected chi connectivity index (χ2v) is 9.05. The molecule has 1 aliphatic heterocycles. The van der Waals surface area contributed by atoms with Crippen LogP contribution in [-0.2, 0) is 14.8 Å². The lowest BCUT2D eigenvalue weighted by Crippen LogP contribution is -2.35. The molecule has 0 aliphatic carbocycles. The molecule has 1 amide bonds. The molecule has 0 aromatic heterocycles. The van der Waals surface area contributed by atoms with E-state index in [0.29, 0.717) is 21.4 Å². The number of hydrogen-bond donors (Lipinski definition) is 1. The maximum Gasteiger partial charge on any atom is 0.265 e. The van der Waals surface area contributed by atoms with Crippen LogP contribution < -0.4 is 14.4 Å². The number of rotatable bonds is 3. The summed E-state index contributed by atoms with van der Waals surface area (Å²) >= 11 is 12.1. The fourth-order valence-corrected chi connectivity index (χ4v) is 4.06. The fraction of sp³-hybridized carbons (Fsp3) is 0.278. The third kappa shape index (κ3) is 4.48. The summed E-state index contributed by atoms with van der Waals surface area (Å²) in [5.41, 5.74) is 1.76. The molecule has 0 spiro atoms. The minimum absolute atomic E-state index is 0.0961. The predicted molar refractivity (Wildman–Crippen MR) is 107 cm³/mol. The second kappa shape index (κ2) is 7.58. The zero-order chi connectivity index (χ0) is 19.8. The van der Waals surface area contributed by atoms with Gasteiger partial charge in [-0.25, -0.2) is 8.42 Å². The standard InChI is InChI=1S/C18H18Cl2N2O4S/c1-11-3-5-13(10-14(11)20)21-18(23)17-7-8-22(27(2,24)25)15-9-12(19)4-6-16(15)26-17/h3-6,9-10,17H,7-8H2,1-2H3,(H,21,23). The van der Waals surface area contributed by atoms with Crippen LogP contribution in [0.2, 0.25) is 10.0 Å². The topological polar surface area (TPSA) is 75.7 Å². The summed E-state index contributed by atoms with van der Waals surface area (Å²) in [5, 5.41) is 3.68. The van der Waals surface area contributed by atoms with Crippen LogP contribution in [0.15, 0.2) is 36.4 Å². The molecule has 2 aromatic rings. The Kier molecular flexibility index (Phi) is 5.55. The van der Waals surface area contributed by atoms with E-state index in [1.54, 1.807) is 30.3 Å². The van der Waals surface area contributed by atoms with Crippen molar-refractivity contribution in [3.63, 3.8) is 0 Å². The highest BCUT2D eigenvalue weighted by atomic mass is 35.5. The lowest BCUT2D eigenvalue weighted by atomic mass is 10.2. The molecule has 6 nitrogen and oxygen atoms in total. The normalized spacial score (nSPS) is 16.9. The van der Waals surface area contributed by atoms with Gasteiger partial charge >= 0.3 is 0 Å². The number of carbonyl (C=O) groups is 1. The first kappa shape index (κ1) is 19.8. The molecule has 1 aliphatic rings. The Hall–Kier alpha value is -1.96. The SMILES string of the molecule is Cc1ccc(NC(=O)C2CCN(S(C)(=O)=O)c3cc(Cl)ccc3O2)cc1Cl. The summed E-state index contributed by atoms with van der Waals surface area (Å²) in [7, 11) is -3.55. The van der Waals surface area contributed by atoms with Crippen molar-refractivity contribution in [2.45, 2.75) is 19.4 Å². The first-order chi connectivity index (χ1) is 12.6. The average Bonchev–Trinajstić information content (AvgIpc) is 2.77. The first-order valence-corrected chi connectivity index (χ1v) is 10.8. The van der Waals surface area contributed by atoms with Gasteiger partial charge < -0.3 is 10.1 Å². The van der Waals surface area contributed by atoms with Gasteiger partial charge in [0.2, 0.25) is 10.0 Å². The summed E-state index contributed by atoms with van der Waals surface area (Å²) in [4.78, 5) is 12.7. The number of carbonyl (C=O) groups excluding carboxylic acids is 1. The zero-order valence-electron chi connectivity index (χ0n) is 14.7. The van der Waals surface area contributed by atoms with E-state index in [0.717, 1.165) is 11.8 Å². The molecule has 0 saturated carbocycles. The molecule has 1 N–H and O–H groups in total. The minimum Gasteiger partial charge on any atom is -0.478 e. The number of halogens is 2. The number of hydrogen-bond acceptors (Lipinski definition) is 4. The molecule has 0 bridgehead atoms. The quantitative estimate of drug-likeness (QED) is 0.804. The summed E-state index contributed by atoms with van der Waals surface area (Å²) in [6.45, 7) is 1.96. The van der Waals surface area contributed by atoms with E-state index in [-0.39, 0.29) is 24.6 Å². The van der Waals surface area contributed by atoms with Crippen LogP contribution >= 0.6 is 23.2 Å². The van der Waals surface area contributed by atoms with Crippen molar-refractivity contribution in [1.82, 2.24) is 0 Å². The highest BCUT2D eigenvalue weighted by Crippen LogP contribution is 2.36. The molecular formula is C18H18Cl2N2O4S. The Morgan fingerprint density at radius 1 is 1.22 bits per heavy atom. The average molecular weight is 429 g/mol. The minimum atomic E-state index is -3.55. The second-order valence-electron chi connectivity index (χ2n) is 6.30. The molecule has 9 heteroatoms. The van der Waals surface area contributed by atoms with Gasteiger partial charge in [-0.15, -0.1) is 0 Å². The van der Waals surface area contributed by atoms with Crippen LogP contribution in [-0.4, -0.2) is 33.2 Å². The van der Waals surface area contributed by atoms with Gasteiger partial charge in [0.1, 0.15) is 5.75 Å². The molecule has 1 atom stereocenters. The van der Waals surface area contributed by atoms with Crippen molar-refractivity contribution in [3.05, 3.63) is 52.0 Å². The molecule has 0 fully saturated rings. The monoisotopic (exact) mass is 428 g/mol. The molecule has 0 radical (unpaired) electrons. The number of anilines is 2. The van der Waals surface area contributed by atoms with Crippen molar-refractivity contribution in [2.75, 3.05) is 22.4 Å². The number of nitrogens with zero attached hydrogens (tertiary/aromatic N) is 1. The maximum atomic E-state index is 12.7. The van der Waals surface area contributed by atoms with Gasteiger partial charge in [-0.05, 0) is 42.8 Å². The number of amides is 1. The van der Waals surface area contributed by atoms with E-state index in [4.69, 9.17) is 27.9 Å². The van der Waals surface area contributed by atoms with Gasteiger partial charge in [0.05, 0.1) is 11.9 Å². The maximum absolute atomic E-state index is 12.7. The predicted octanol–water partition coefficient (Wildman–Crippen LogP) is 3.86. The van der Waals surface area contributed by atoms with Crippen molar-refractivity contribution in [1.29, 1.82) is 0 Å². The van der Waals surface area contributed by atoms with Crippen LogP contribution in [0.3, 0.4) is 0 Å². The highest BCUT2D eigenvalue weighted by Gasteiger charge is 2.31. The van der Waals surface area contributed by atoms with Crippen molar-refractivity contribution >= 4 is 50.5 Å². The van der Waals surface area contributed by atoms with E-state index >= 15 is 0 Å². The number of nitrogens with one attached hydrogen (secondary N) is 1. The molecule has 27 heavy (non-hydrogen) atoms. The summed E-state index contributed by atoms with van der Waals surface area (Å²) in [5.74, 6) is -0.101. The van der Waals surface area contributed by atoms with Crippen LogP contribution in [0.25, 0.3) is 0 Å². The molecule has 1 heterocycles. The van der Waals surface area contributed by atoms with E-state index in [1.807, 2.05) is 6.92 Å². The van der Waals surface area contributed by atoms with Crippen LogP contribution in [0.4, 0.5) is 11.4 Å². The van der Waals surface area contributed by atoms with E-state index in [9.17, 15) is 13.2 Å². The number of benzene rings is 2. The van der Waals surface area contributed by atoms with Gasteiger partial charge in [0, 0.05) is 28.7 Å². The molecule has 144 valence electrons. The van der Waals surface area contributed by atoms with Crippen LogP contribution in [0.5, 0.6) is 5.75 Å². The number of aryl methyl sites for hydroxylation is 1. The number of sulfonamides is 1. The van der Waals surface area contributed by atoms with Gasteiger partial charge in [-0.2, -0.15) is 0 Å². The largest absolute Gasteiger partial charge is 0.478 e. The Morgan fingerprint density at radius 3 is 2.63 bits per heavy atom. The molecule has 3 rings (SSSR count). The Bertz CT molecular complexity index is 995. The lowest BCUT2D eigenvalue weighted by Gasteiger charge is -2.21. The van der Waals surface area contributed by atoms with Gasteiger partial charge in [-0.1, -0.05) is 29.3 Å². The number of ether oxygens (including phenoxy) is 1.